The SMILES string of the molecule is CC(C)(C)c1ccc(-c2nc3n(c(=O)c2C=N)CCCS3)cc1. The molecule has 3 rings (SSSR count). The molecule has 1 N–H and O–H groups in total. The van der Waals surface area contributed by atoms with Crippen LogP contribution in [-0.4, -0.2) is 21.5 Å². The Morgan fingerprint density at radius 1 is 1.26 bits per heavy atom. The van der Waals surface area contributed by atoms with Gasteiger partial charge in [-0.2, -0.15) is 0 Å². The van der Waals surface area contributed by atoms with Crippen LogP contribution in [0.25, 0.3) is 11.3 Å². The van der Waals surface area contributed by atoms with Gasteiger partial charge < -0.3 is 5.41 Å². The van der Waals surface area contributed by atoms with Gasteiger partial charge in [0.1, 0.15) is 0 Å². The molecule has 1 aromatic carbocycles. The van der Waals surface area contributed by atoms with E-state index in [1.807, 2.05) is 12.1 Å². The van der Waals surface area contributed by atoms with Crippen molar-refractivity contribution in [2.75, 3.05) is 5.75 Å². The molecule has 0 atom stereocenters. The van der Waals surface area contributed by atoms with E-state index in [2.05, 4.69) is 37.9 Å². The molecule has 0 aliphatic carbocycles. The zero-order chi connectivity index (χ0) is 16.6. The fraction of sp³-hybridized carbons (Fsp3) is 0.389. The summed E-state index contributed by atoms with van der Waals surface area (Å²) < 4.78 is 1.70. The fourth-order valence-corrected chi connectivity index (χ4v) is 3.66. The summed E-state index contributed by atoms with van der Waals surface area (Å²) in [6.45, 7) is 7.21. The standard InChI is InChI=1S/C18H21N3OS/c1-18(2,3)13-7-5-12(6-8-13)15-14(11-19)16(22)21-9-4-10-23-17(21)20-15/h5-8,11,19H,4,9-10H2,1-3H3. The lowest BCUT2D eigenvalue weighted by atomic mass is 9.86. The van der Waals surface area contributed by atoms with E-state index in [1.54, 1.807) is 16.3 Å². The van der Waals surface area contributed by atoms with Gasteiger partial charge in [0.05, 0.1) is 11.3 Å². The summed E-state index contributed by atoms with van der Waals surface area (Å²) in [5.74, 6) is 0.985. The molecular formula is C18H21N3OS. The van der Waals surface area contributed by atoms with Crippen LogP contribution in [0.1, 0.15) is 38.3 Å². The average molecular weight is 327 g/mol. The topological polar surface area (TPSA) is 58.7 Å². The number of nitrogens with one attached hydrogen (secondary N) is 1. The van der Waals surface area contributed by atoms with E-state index >= 15 is 0 Å². The largest absolute Gasteiger partial charge is 0.308 e. The lowest BCUT2D eigenvalue weighted by Gasteiger charge is -2.20. The molecule has 0 fully saturated rings. The third-order valence-corrected chi connectivity index (χ3v) is 5.16. The molecule has 5 heteroatoms. The number of rotatable bonds is 2. The van der Waals surface area contributed by atoms with Gasteiger partial charge in [-0.05, 0) is 17.4 Å². The van der Waals surface area contributed by atoms with Crippen molar-refractivity contribution >= 4 is 18.0 Å². The Kier molecular flexibility index (Phi) is 4.15. The molecule has 0 spiro atoms. The second-order valence-corrected chi connectivity index (χ2v) is 7.85. The highest BCUT2D eigenvalue weighted by Crippen LogP contribution is 2.28. The van der Waals surface area contributed by atoms with Crippen LogP contribution in [0.4, 0.5) is 0 Å². The summed E-state index contributed by atoms with van der Waals surface area (Å²) in [7, 11) is 0. The van der Waals surface area contributed by atoms with Crippen molar-refractivity contribution in [2.24, 2.45) is 0 Å². The van der Waals surface area contributed by atoms with Crippen LogP contribution in [-0.2, 0) is 12.0 Å². The van der Waals surface area contributed by atoms with Crippen molar-refractivity contribution in [1.82, 2.24) is 9.55 Å². The molecule has 0 saturated carbocycles. The van der Waals surface area contributed by atoms with Crippen molar-refractivity contribution in [3.8, 4) is 11.3 Å². The summed E-state index contributed by atoms with van der Waals surface area (Å²) in [6.07, 6.45) is 2.10. The first-order valence-corrected chi connectivity index (χ1v) is 8.79. The molecule has 0 radical (unpaired) electrons. The smallest absolute Gasteiger partial charge is 0.263 e. The molecule has 120 valence electrons. The minimum Gasteiger partial charge on any atom is -0.308 e. The van der Waals surface area contributed by atoms with Crippen molar-refractivity contribution in [1.29, 1.82) is 5.41 Å². The van der Waals surface area contributed by atoms with Crippen molar-refractivity contribution < 1.29 is 0 Å². The minimum absolute atomic E-state index is 0.0849. The summed E-state index contributed by atoms with van der Waals surface area (Å²) in [5, 5.41) is 8.41. The first kappa shape index (κ1) is 16.0. The van der Waals surface area contributed by atoms with E-state index < -0.39 is 0 Å². The Bertz CT molecular complexity index is 801. The second-order valence-electron chi connectivity index (χ2n) is 6.79. The molecule has 23 heavy (non-hydrogen) atoms. The van der Waals surface area contributed by atoms with Crippen molar-refractivity contribution in [3.05, 3.63) is 45.7 Å². The predicted molar refractivity (Wildman–Crippen MR) is 95.9 cm³/mol. The van der Waals surface area contributed by atoms with Gasteiger partial charge in [0.15, 0.2) is 5.16 Å². The van der Waals surface area contributed by atoms with Gasteiger partial charge in [0.2, 0.25) is 0 Å². The Hall–Kier alpha value is -1.88. The summed E-state index contributed by atoms with van der Waals surface area (Å²) in [4.78, 5) is 17.3. The number of hydrogen-bond acceptors (Lipinski definition) is 4. The minimum atomic E-state index is -0.105. The average Bonchev–Trinajstić information content (AvgIpc) is 2.54. The monoisotopic (exact) mass is 327 g/mol. The van der Waals surface area contributed by atoms with Gasteiger partial charge in [-0.25, -0.2) is 4.98 Å². The van der Waals surface area contributed by atoms with E-state index in [1.165, 1.54) is 5.56 Å². The number of thioether (sulfide) groups is 1. The van der Waals surface area contributed by atoms with Crippen LogP contribution in [0.2, 0.25) is 0 Å². The molecule has 0 amide bonds. The lowest BCUT2D eigenvalue weighted by molar-refractivity contribution is 0.563. The van der Waals surface area contributed by atoms with Gasteiger partial charge in [0, 0.05) is 24.1 Å². The van der Waals surface area contributed by atoms with E-state index in [9.17, 15) is 4.79 Å². The maximum Gasteiger partial charge on any atom is 0.263 e. The quantitative estimate of drug-likeness (QED) is 0.676. The number of hydrogen-bond donors (Lipinski definition) is 1. The van der Waals surface area contributed by atoms with Gasteiger partial charge >= 0.3 is 0 Å². The summed E-state index contributed by atoms with van der Waals surface area (Å²) in [5.41, 5.74) is 3.10. The molecule has 2 aromatic rings. The highest BCUT2D eigenvalue weighted by Gasteiger charge is 2.20. The molecule has 0 unspecified atom stereocenters. The van der Waals surface area contributed by atoms with Crippen LogP contribution in [0.15, 0.2) is 34.2 Å². The van der Waals surface area contributed by atoms with Crippen molar-refractivity contribution in [3.63, 3.8) is 0 Å². The Balaban J connectivity index is 2.14. The summed E-state index contributed by atoms with van der Waals surface area (Å²) >= 11 is 1.62. The van der Waals surface area contributed by atoms with Crippen LogP contribution in [0, 0.1) is 5.41 Å². The fourth-order valence-electron chi connectivity index (χ4n) is 2.72. The third-order valence-electron chi connectivity index (χ3n) is 4.09. The highest BCUT2D eigenvalue weighted by molar-refractivity contribution is 7.99. The molecular weight excluding hydrogens is 306 g/mol. The Morgan fingerprint density at radius 2 is 1.96 bits per heavy atom. The van der Waals surface area contributed by atoms with Gasteiger partial charge in [0.25, 0.3) is 5.56 Å². The molecule has 4 nitrogen and oxygen atoms in total. The molecule has 0 saturated heterocycles. The number of nitrogens with zero attached hydrogens (tertiary/aromatic N) is 2. The molecule has 0 bridgehead atoms. The highest BCUT2D eigenvalue weighted by atomic mass is 32.2. The second kappa shape index (κ2) is 5.96. The van der Waals surface area contributed by atoms with E-state index in [-0.39, 0.29) is 11.0 Å². The van der Waals surface area contributed by atoms with Gasteiger partial charge in [-0.3, -0.25) is 9.36 Å². The van der Waals surface area contributed by atoms with Crippen LogP contribution in [0.5, 0.6) is 0 Å². The van der Waals surface area contributed by atoms with E-state index in [0.717, 1.165) is 29.1 Å². The molecule has 2 heterocycles. The van der Waals surface area contributed by atoms with Crippen LogP contribution in [0.3, 0.4) is 0 Å². The van der Waals surface area contributed by atoms with Crippen LogP contribution >= 0.6 is 11.8 Å². The lowest BCUT2D eigenvalue weighted by Crippen LogP contribution is -2.29. The number of fused-ring (bicyclic) bond motifs is 1. The normalized spacial score (nSPS) is 14.4. The van der Waals surface area contributed by atoms with Crippen molar-refractivity contribution in [2.45, 2.75) is 44.3 Å². The van der Waals surface area contributed by atoms with Gasteiger partial charge in [-0.15, -0.1) is 0 Å². The number of aromatic nitrogens is 2. The first-order valence-electron chi connectivity index (χ1n) is 7.81. The molecule has 1 aliphatic rings. The predicted octanol–water partition coefficient (Wildman–Crippen LogP) is 3.70. The molecule has 1 aliphatic heterocycles. The van der Waals surface area contributed by atoms with Gasteiger partial charge in [-0.1, -0.05) is 56.8 Å². The van der Waals surface area contributed by atoms with E-state index in [4.69, 9.17) is 5.41 Å². The first-order chi connectivity index (χ1) is 10.9. The Morgan fingerprint density at radius 3 is 2.57 bits per heavy atom. The van der Waals surface area contributed by atoms with Crippen LogP contribution < -0.4 is 5.56 Å². The zero-order valence-corrected chi connectivity index (χ0v) is 14.5. The van der Waals surface area contributed by atoms with E-state index in [0.29, 0.717) is 17.8 Å². The number of benzene rings is 1. The maximum atomic E-state index is 12.6. The third kappa shape index (κ3) is 2.98. The Labute approximate surface area is 140 Å². The molecule has 1 aromatic heterocycles. The summed E-state index contributed by atoms with van der Waals surface area (Å²) in [6, 6.07) is 8.16. The zero-order valence-electron chi connectivity index (χ0n) is 13.7. The maximum absolute atomic E-state index is 12.6.